The van der Waals surface area contributed by atoms with Crippen molar-refractivity contribution in [2.45, 2.75) is 58.4 Å². The van der Waals surface area contributed by atoms with Crippen LogP contribution >= 0.6 is 11.3 Å². The van der Waals surface area contributed by atoms with E-state index in [2.05, 4.69) is 23.5 Å². The van der Waals surface area contributed by atoms with E-state index < -0.39 is 5.97 Å². The summed E-state index contributed by atoms with van der Waals surface area (Å²) in [6, 6.07) is 9.87. The molecule has 0 aliphatic heterocycles. The van der Waals surface area contributed by atoms with Crippen molar-refractivity contribution in [3.8, 4) is 0 Å². The van der Waals surface area contributed by atoms with Crippen molar-refractivity contribution in [2.24, 2.45) is 0 Å². The zero-order chi connectivity index (χ0) is 20.8. The number of benzene rings is 1. The van der Waals surface area contributed by atoms with Gasteiger partial charge in [0.15, 0.2) is 12.4 Å². The highest BCUT2D eigenvalue weighted by Crippen LogP contribution is 2.24. The number of rotatable bonds is 8. The number of ketones is 1. The average molecular weight is 414 g/mol. The number of amides is 1. The summed E-state index contributed by atoms with van der Waals surface area (Å²) in [4.78, 5) is 37.7. The Kier molecular flexibility index (Phi) is 7.20. The van der Waals surface area contributed by atoms with E-state index in [1.807, 2.05) is 19.9 Å². The van der Waals surface area contributed by atoms with Crippen LogP contribution < -0.4 is 5.32 Å². The van der Waals surface area contributed by atoms with Crippen LogP contribution in [0.15, 0.2) is 30.3 Å². The van der Waals surface area contributed by atoms with E-state index in [0.29, 0.717) is 4.88 Å². The summed E-state index contributed by atoms with van der Waals surface area (Å²) in [5, 5.41) is 2.87. The minimum absolute atomic E-state index is 0.0244. The molecule has 0 bridgehead atoms. The van der Waals surface area contributed by atoms with E-state index in [0.717, 1.165) is 23.3 Å². The zero-order valence-corrected chi connectivity index (χ0v) is 17.8. The molecule has 154 valence electrons. The lowest BCUT2D eigenvalue weighted by atomic mass is 9.89. The van der Waals surface area contributed by atoms with Crippen LogP contribution in [0.3, 0.4) is 0 Å². The molecule has 6 heteroatoms. The Morgan fingerprint density at radius 3 is 2.55 bits per heavy atom. The molecule has 0 unspecified atom stereocenters. The van der Waals surface area contributed by atoms with Crippen LogP contribution in [0.4, 0.5) is 0 Å². The first-order valence-electron chi connectivity index (χ1n) is 10.1. The van der Waals surface area contributed by atoms with Crippen LogP contribution in [0.5, 0.6) is 0 Å². The first kappa shape index (κ1) is 21.2. The molecule has 0 saturated heterocycles. The number of hydrogen-bond acceptors (Lipinski definition) is 5. The summed E-state index contributed by atoms with van der Waals surface area (Å²) in [5.74, 6) is -0.961. The number of ether oxygens (including phenoxy) is 1. The average Bonchev–Trinajstić information content (AvgIpc) is 3.16. The first-order chi connectivity index (χ1) is 13.9. The second kappa shape index (κ2) is 9.83. The van der Waals surface area contributed by atoms with Crippen molar-refractivity contribution >= 4 is 29.0 Å². The van der Waals surface area contributed by atoms with Gasteiger partial charge >= 0.3 is 5.97 Å². The molecule has 1 heterocycles. The summed E-state index contributed by atoms with van der Waals surface area (Å²) in [6.07, 6.45) is 4.73. The van der Waals surface area contributed by atoms with Crippen molar-refractivity contribution in [3.05, 3.63) is 56.8 Å². The van der Waals surface area contributed by atoms with Gasteiger partial charge in [-0.2, -0.15) is 0 Å². The van der Waals surface area contributed by atoms with Crippen LogP contribution in [-0.2, 0) is 27.2 Å². The number of aryl methyl sites for hydroxylation is 3. The largest absolute Gasteiger partial charge is 0.456 e. The standard InChI is InChI=1S/C23H27NO4S/c1-15-7-11-21(29-15)20(25)10-12-23(27)28-14-22(26)24-16(2)18-9-8-17-5-3-4-6-19(17)13-18/h7-9,11,13,16H,3-6,10,12,14H2,1-2H3,(H,24,26)/t16-/m0/s1. The number of carbonyl (C=O) groups excluding carboxylic acids is 3. The number of Topliss-reactive ketones (excluding diaryl/α,β-unsaturated/α-hetero) is 1. The normalized spacial score (nSPS) is 14.0. The van der Waals surface area contributed by atoms with Crippen molar-refractivity contribution in [3.63, 3.8) is 0 Å². The highest BCUT2D eigenvalue weighted by molar-refractivity contribution is 7.14. The Hall–Kier alpha value is -2.47. The number of hydrogen-bond donors (Lipinski definition) is 1. The summed E-state index contributed by atoms with van der Waals surface area (Å²) in [6.45, 7) is 3.52. The van der Waals surface area contributed by atoms with E-state index in [-0.39, 0.29) is 37.2 Å². The smallest absolute Gasteiger partial charge is 0.306 e. The van der Waals surface area contributed by atoms with E-state index in [4.69, 9.17) is 4.74 Å². The molecule has 1 aromatic carbocycles. The predicted molar refractivity (Wildman–Crippen MR) is 113 cm³/mol. The van der Waals surface area contributed by atoms with Gasteiger partial charge in [-0.1, -0.05) is 18.2 Å². The van der Waals surface area contributed by atoms with Gasteiger partial charge in [0.2, 0.25) is 0 Å². The van der Waals surface area contributed by atoms with Crippen molar-refractivity contribution in [1.29, 1.82) is 0 Å². The highest BCUT2D eigenvalue weighted by atomic mass is 32.1. The zero-order valence-electron chi connectivity index (χ0n) is 17.0. The molecule has 1 aromatic heterocycles. The van der Waals surface area contributed by atoms with Gasteiger partial charge in [-0.05, 0) is 68.4 Å². The van der Waals surface area contributed by atoms with E-state index in [1.165, 1.54) is 35.3 Å². The van der Waals surface area contributed by atoms with Crippen LogP contribution in [0, 0.1) is 6.92 Å². The fraction of sp³-hybridized carbons (Fsp3) is 0.435. The minimum atomic E-state index is -0.539. The maximum absolute atomic E-state index is 12.1. The molecule has 0 spiro atoms. The lowest BCUT2D eigenvalue weighted by molar-refractivity contribution is -0.148. The number of thiophene rings is 1. The Morgan fingerprint density at radius 2 is 1.83 bits per heavy atom. The molecule has 0 fully saturated rings. The molecule has 1 aliphatic rings. The van der Waals surface area contributed by atoms with Crippen LogP contribution in [0.25, 0.3) is 0 Å². The number of esters is 1. The van der Waals surface area contributed by atoms with E-state index >= 15 is 0 Å². The third-order valence-corrected chi connectivity index (χ3v) is 6.23. The van der Waals surface area contributed by atoms with Gasteiger partial charge < -0.3 is 10.1 Å². The van der Waals surface area contributed by atoms with Gasteiger partial charge in [0, 0.05) is 11.3 Å². The van der Waals surface area contributed by atoms with Crippen LogP contribution in [-0.4, -0.2) is 24.3 Å². The van der Waals surface area contributed by atoms with Gasteiger partial charge in [0.1, 0.15) is 0 Å². The van der Waals surface area contributed by atoms with Crippen LogP contribution in [0.1, 0.15) is 69.9 Å². The van der Waals surface area contributed by atoms with E-state index in [1.54, 1.807) is 6.07 Å². The summed E-state index contributed by atoms with van der Waals surface area (Å²) >= 11 is 1.41. The molecule has 1 aliphatic carbocycles. The van der Waals surface area contributed by atoms with Gasteiger partial charge in [-0.15, -0.1) is 11.3 Å². The second-order valence-electron chi connectivity index (χ2n) is 7.52. The molecule has 1 N–H and O–H groups in total. The predicted octanol–water partition coefficient (Wildman–Crippen LogP) is 4.32. The number of fused-ring (bicyclic) bond motifs is 1. The summed E-state index contributed by atoms with van der Waals surface area (Å²) in [5.41, 5.74) is 3.83. The third kappa shape index (κ3) is 6.00. The van der Waals surface area contributed by atoms with Crippen molar-refractivity contribution < 1.29 is 19.1 Å². The lowest BCUT2D eigenvalue weighted by Crippen LogP contribution is -2.31. The monoisotopic (exact) mass is 413 g/mol. The topological polar surface area (TPSA) is 72.5 Å². The fourth-order valence-corrected chi connectivity index (χ4v) is 4.37. The quantitative estimate of drug-likeness (QED) is 0.517. The van der Waals surface area contributed by atoms with Crippen molar-refractivity contribution in [2.75, 3.05) is 6.61 Å². The fourth-order valence-electron chi connectivity index (χ4n) is 3.53. The third-order valence-electron chi connectivity index (χ3n) is 5.19. The Bertz CT molecular complexity index is 902. The Labute approximate surface area is 175 Å². The van der Waals surface area contributed by atoms with E-state index in [9.17, 15) is 14.4 Å². The first-order valence-corrected chi connectivity index (χ1v) is 10.9. The molecule has 0 saturated carbocycles. The minimum Gasteiger partial charge on any atom is -0.456 e. The molecule has 1 atom stereocenters. The lowest BCUT2D eigenvalue weighted by Gasteiger charge is -2.20. The van der Waals surface area contributed by atoms with Gasteiger partial charge in [0.25, 0.3) is 5.91 Å². The Balaban J connectivity index is 1.41. The van der Waals surface area contributed by atoms with Crippen LogP contribution in [0.2, 0.25) is 0 Å². The molecule has 5 nitrogen and oxygen atoms in total. The molecule has 2 aromatic rings. The molecule has 0 radical (unpaired) electrons. The van der Waals surface area contributed by atoms with Crippen molar-refractivity contribution in [1.82, 2.24) is 5.32 Å². The molecular formula is C23H27NO4S. The molecule has 1 amide bonds. The molecule has 3 rings (SSSR count). The number of nitrogens with one attached hydrogen (secondary N) is 1. The number of carbonyl (C=O) groups is 3. The SMILES string of the molecule is Cc1ccc(C(=O)CCC(=O)OCC(=O)N[C@@H](C)c2ccc3c(c2)CCCC3)s1. The second-order valence-corrected chi connectivity index (χ2v) is 8.81. The summed E-state index contributed by atoms with van der Waals surface area (Å²) in [7, 11) is 0. The van der Waals surface area contributed by atoms with Gasteiger partial charge in [-0.3, -0.25) is 14.4 Å². The van der Waals surface area contributed by atoms with Gasteiger partial charge in [-0.25, -0.2) is 0 Å². The highest BCUT2D eigenvalue weighted by Gasteiger charge is 2.16. The molecular weight excluding hydrogens is 386 g/mol. The maximum atomic E-state index is 12.1. The Morgan fingerprint density at radius 1 is 1.07 bits per heavy atom. The summed E-state index contributed by atoms with van der Waals surface area (Å²) < 4.78 is 5.02. The molecule has 29 heavy (non-hydrogen) atoms. The van der Waals surface area contributed by atoms with Gasteiger partial charge in [0.05, 0.1) is 17.3 Å². The maximum Gasteiger partial charge on any atom is 0.306 e.